The highest BCUT2D eigenvalue weighted by Gasteiger charge is 2.03. The summed E-state index contributed by atoms with van der Waals surface area (Å²) in [5.41, 5.74) is 0. The molecule has 0 aromatic heterocycles. The van der Waals surface area contributed by atoms with Gasteiger partial charge < -0.3 is 0 Å². The Hall–Kier alpha value is -0.660. The van der Waals surface area contributed by atoms with Gasteiger partial charge in [-0.25, -0.2) is 8.78 Å². The van der Waals surface area contributed by atoms with Gasteiger partial charge in [0, 0.05) is 6.42 Å². The van der Waals surface area contributed by atoms with E-state index >= 15 is 0 Å². The molecule has 0 amide bonds. The molecule has 8 heavy (non-hydrogen) atoms. The van der Waals surface area contributed by atoms with E-state index in [0.29, 0.717) is 0 Å². The van der Waals surface area contributed by atoms with E-state index in [9.17, 15) is 8.78 Å². The fourth-order valence-corrected chi connectivity index (χ4v) is 0.568. The molecule has 0 heterocycles. The summed E-state index contributed by atoms with van der Waals surface area (Å²) >= 11 is 0. The van der Waals surface area contributed by atoms with Crippen LogP contribution in [-0.4, -0.2) is 6.17 Å². The third-order valence-corrected chi connectivity index (χ3v) is 1.00. The minimum Gasteiger partial charge on any atom is -0.243 e. The van der Waals surface area contributed by atoms with Crippen LogP contribution in [0.25, 0.3) is 0 Å². The van der Waals surface area contributed by atoms with Gasteiger partial charge in [0.1, 0.15) is 12.0 Å². The molecule has 0 fully saturated rings. The van der Waals surface area contributed by atoms with Crippen molar-refractivity contribution in [2.24, 2.45) is 0 Å². The van der Waals surface area contributed by atoms with Gasteiger partial charge in [0.25, 0.3) is 0 Å². The first-order chi connectivity index (χ1) is 3.79. The number of hydrogen-bond donors (Lipinski definition) is 0. The summed E-state index contributed by atoms with van der Waals surface area (Å²) < 4.78 is 24.0. The number of alkyl halides is 1. The summed E-state index contributed by atoms with van der Waals surface area (Å²) in [6.07, 6.45) is 2.81. The van der Waals surface area contributed by atoms with Gasteiger partial charge in [-0.2, -0.15) is 0 Å². The van der Waals surface area contributed by atoms with Crippen molar-refractivity contribution in [1.29, 1.82) is 0 Å². The molecule has 0 aliphatic heterocycles. The topological polar surface area (TPSA) is 0 Å². The van der Waals surface area contributed by atoms with E-state index in [1.54, 1.807) is 0 Å². The molecule has 0 aromatic rings. The Bertz CT molecular complexity index is 135. The zero-order chi connectivity index (χ0) is 5.98. The molecule has 1 atom stereocenters. The van der Waals surface area contributed by atoms with Crippen LogP contribution in [0.2, 0.25) is 0 Å². The van der Waals surface area contributed by atoms with Crippen LogP contribution in [0.1, 0.15) is 6.42 Å². The molecule has 0 aromatic carbocycles. The van der Waals surface area contributed by atoms with E-state index in [0.717, 1.165) is 6.08 Å². The van der Waals surface area contributed by atoms with Crippen LogP contribution in [0.4, 0.5) is 8.78 Å². The monoisotopic (exact) mass is 116 g/mol. The van der Waals surface area contributed by atoms with Gasteiger partial charge in [-0.1, -0.05) is 0 Å². The number of rotatable bonds is 0. The predicted molar refractivity (Wildman–Crippen MR) is 27.8 cm³/mol. The number of halogens is 2. The molecule has 2 heteroatoms. The summed E-state index contributed by atoms with van der Waals surface area (Å²) in [5.74, 6) is -0.334. The molecule has 0 unspecified atom stereocenters. The Kier molecular flexibility index (Phi) is 1.42. The third kappa shape index (κ3) is 1.15. The molecule has 0 radical (unpaired) electrons. The van der Waals surface area contributed by atoms with Crippen molar-refractivity contribution < 1.29 is 8.78 Å². The van der Waals surface area contributed by atoms with E-state index in [4.69, 9.17) is 0 Å². The van der Waals surface area contributed by atoms with Gasteiger partial charge >= 0.3 is 0 Å². The Balaban J connectivity index is 2.58. The van der Waals surface area contributed by atoms with Crippen LogP contribution >= 0.6 is 0 Å². The highest BCUT2D eigenvalue weighted by molar-refractivity contribution is 5.17. The summed E-state index contributed by atoms with van der Waals surface area (Å²) in [5, 5.41) is 0. The lowest BCUT2D eigenvalue weighted by molar-refractivity contribution is 0.396. The van der Waals surface area contributed by atoms with E-state index in [2.05, 4.69) is 0 Å². The van der Waals surface area contributed by atoms with E-state index < -0.39 is 6.17 Å². The lowest BCUT2D eigenvalue weighted by Crippen LogP contribution is -1.95. The van der Waals surface area contributed by atoms with Crippen LogP contribution < -0.4 is 0 Å². The molecule has 0 N–H and O–H groups in total. The fourth-order valence-electron chi connectivity index (χ4n) is 0.568. The second kappa shape index (κ2) is 2.07. The Morgan fingerprint density at radius 3 is 2.75 bits per heavy atom. The van der Waals surface area contributed by atoms with Gasteiger partial charge in [-0.15, -0.1) is 0 Å². The zero-order valence-electron chi connectivity index (χ0n) is 4.27. The van der Waals surface area contributed by atoms with Gasteiger partial charge in [0.05, 0.1) is 0 Å². The Labute approximate surface area is 46.5 Å². The minimum absolute atomic E-state index is 0.183. The van der Waals surface area contributed by atoms with Crippen LogP contribution in [0.15, 0.2) is 24.1 Å². The van der Waals surface area contributed by atoms with Crippen molar-refractivity contribution in [3.8, 4) is 0 Å². The molecule has 0 nitrogen and oxygen atoms in total. The molecule has 44 valence electrons. The molecule has 0 saturated carbocycles. The fraction of sp³-hybridized carbons (Fsp3) is 0.333. The first-order valence-corrected chi connectivity index (χ1v) is 2.47. The highest BCUT2D eigenvalue weighted by Crippen LogP contribution is 2.12. The maximum absolute atomic E-state index is 12.1. The van der Waals surface area contributed by atoms with Crippen molar-refractivity contribution in [2.75, 3.05) is 0 Å². The SMILES string of the molecule is FC1=CC[C@H](F)C=C1. The molecule has 1 rings (SSSR count). The molecule has 1 aliphatic rings. The second-order valence-corrected chi connectivity index (χ2v) is 1.70. The van der Waals surface area contributed by atoms with Crippen LogP contribution in [-0.2, 0) is 0 Å². The van der Waals surface area contributed by atoms with Crippen LogP contribution in [0, 0.1) is 0 Å². The molecule has 0 spiro atoms. The minimum atomic E-state index is -0.977. The van der Waals surface area contributed by atoms with Crippen molar-refractivity contribution in [3.05, 3.63) is 24.1 Å². The number of allylic oxidation sites excluding steroid dienone is 4. The normalized spacial score (nSPS) is 27.8. The molecule has 1 aliphatic carbocycles. The lowest BCUT2D eigenvalue weighted by Gasteiger charge is -2.01. The van der Waals surface area contributed by atoms with E-state index in [1.165, 1.54) is 12.2 Å². The first-order valence-electron chi connectivity index (χ1n) is 2.47. The standard InChI is InChI=1S/C6H6F2/c7-5-1-2-6(8)4-3-5/h1-3,6H,4H2/t6-/m1/s1. The largest absolute Gasteiger partial charge is 0.243 e. The van der Waals surface area contributed by atoms with Gasteiger partial charge in [0.2, 0.25) is 0 Å². The van der Waals surface area contributed by atoms with Gasteiger partial charge in [-0.3, -0.25) is 0 Å². The van der Waals surface area contributed by atoms with Crippen molar-refractivity contribution >= 4 is 0 Å². The summed E-state index contributed by atoms with van der Waals surface area (Å²) in [6, 6.07) is 0. The Morgan fingerprint density at radius 1 is 1.62 bits per heavy atom. The third-order valence-electron chi connectivity index (χ3n) is 1.00. The van der Waals surface area contributed by atoms with E-state index in [-0.39, 0.29) is 12.2 Å². The molecular weight excluding hydrogens is 110 g/mol. The number of hydrogen-bond acceptors (Lipinski definition) is 0. The lowest BCUT2D eigenvalue weighted by atomic mass is 10.1. The van der Waals surface area contributed by atoms with Crippen molar-refractivity contribution in [1.82, 2.24) is 0 Å². The molecule has 0 bridgehead atoms. The predicted octanol–water partition coefficient (Wildman–Crippen LogP) is 2.14. The quantitative estimate of drug-likeness (QED) is 0.454. The second-order valence-electron chi connectivity index (χ2n) is 1.70. The van der Waals surface area contributed by atoms with Crippen molar-refractivity contribution in [3.63, 3.8) is 0 Å². The van der Waals surface area contributed by atoms with Gasteiger partial charge in [0.15, 0.2) is 0 Å². The average molecular weight is 116 g/mol. The molecular formula is C6H6F2. The maximum Gasteiger partial charge on any atom is 0.122 e. The summed E-state index contributed by atoms with van der Waals surface area (Å²) in [4.78, 5) is 0. The Morgan fingerprint density at radius 2 is 2.38 bits per heavy atom. The summed E-state index contributed by atoms with van der Waals surface area (Å²) in [6.45, 7) is 0. The first kappa shape index (κ1) is 5.48. The van der Waals surface area contributed by atoms with Crippen LogP contribution in [0.3, 0.4) is 0 Å². The smallest absolute Gasteiger partial charge is 0.122 e. The highest BCUT2D eigenvalue weighted by atomic mass is 19.1. The zero-order valence-corrected chi connectivity index (χ0v) is 4.27. The van der Waals surface area contributed by atoms with Crippen molar-refractivity contribution in [2.45, 2.75) is 12.6 Å². The van der Waals surface area contributed by atoms with Crippen LogP contribution in [0.5, 0.6) is 0 Å². The summed E-state index contributed by atoms with van der Waals surface area (Å²) in [7, 11) is 0. The molecule has 0 saturated heterocycles. The average Bonchev–Trinajstić information content (AvgIpc) is 1.77. The van der Waals surface area contributed by atoms with E-state index in [1.807, 2.05) is 0 Å². The maximum atomic E-state index is 12.1. The van der Waals surface area contributed by atoms with Gasteiger partial charge in [-0.05, 0) is 18.2 Å².